The van der Waals surface area contributed by atoms with Gasteiger partial charge in [-0.15, -0.1) is 0 Å². The maximum Gasteiger partial charge on any atom is 0.322 e. The molecule has 212 valence electrons. The van der Waals surface area contributed by atoms with Gasteiger partial charge >= 0.3 is 6.03 Å². The van der Waals surface area contributed by atoms with Crippen LogP contribution in [0.1, 0.15) is 6.42 Å². The van der Waals surface area contributed by atoms with Gasteiger partial charge in [0.2, 0.25) is 15.9 Å². The number of halogens is 2. The van der Waals surface area contributed by atoms with Crippen molar-refractivity contribution in [3.8, 4) is 11.1 Å². The highest BCUT2D eigenvalue weighted by molar-refractivity contribution is 7.90. The number of sulfone groups is 1. The molecule has 0 unspecified atom stereocenters. The minimum atomic E-state index is -3.63. The molecule has 1 aliphatic heterocycles. The second-order valence-electron chi connectivity index (χ2n) is 9.38. The van der Waals surface area contributed by atoms with Gasteiger partial charge in [0.15, 0.2) is 9.84 Å². The zero-order valence-electron chi connectivity index (χ0n) is 21.4. The molecule has 3 N–H and O–H groups in total. The Morgan fingerprint density at radius 3 is 2.17 bits per heavy atom. The Balaban J connectivity index is 1.56. The number of anilines is 2. The first-order valence-corrected chi connectivity index (χ1v) is 16.1. The first-order chi connectivity index (χ1) is 18.7. The van der Waals surface area contributed by atoms with Gasteiger partial charge < -0.3 is 15.5 Å². The Bertz CT molecular complexity index is 1670. The Kier molecular flexibility index (Phi) is 8.49. The van der Waals surface area contributed by atoms with Gasteiger partial charge in [0.05, 0.1) is 11.2 Å². The van der Waals surface area contributed by atoms with Crippen molar-refractivity contribution < 1.29 is 30.8 Å². The van der Waals surface area contributed by atoms with Gasteiger partial charge in [-0.1, -0.05) is 29.8 Å². The average molecular weight is 609 g/mol. The van der Waals surface area contributed by atoms with Crippen LogP contribution in [0.15, 0.2) is 71.6 Å². The molecular formula is C26H26ClFN4O6S2. The molecule has 0 aromatic heterocycles. The van der Waals surface area contributed by atoms with E-state index in [2.05, 4.69) is 15.4 Å². The number of benzene rings is 3. The summed E-state index contributed by atoms with van der Waals surface area (Å²) in [6.45, 7) is -0.0832. The molecule has 2 atom stereocenters. The zero-order chi connectivity index (χ0) is 29.2. The quantitative estimate of drug-likeness (QED) is 0.373. The van der Waals surface area contributed by atoms with Crippen LogP contribution in [0.5, 0.6) is 0 Å². The molecule has 0 radical (unpaired) electrons. The van der Waals surface area contributed by atoms with E-state index in [1.54, 1.807) is 30.3 Å². The normalized spacial score (nSPS) is 17.4. The van der Waals surface area contributed by atoms with E-state index >= 15 is 4.39 Å². The Morgan fingerprint density at radius 2 is 1.55 bits per heavy atom. The predicted molar refractivity (Wildman–Crippen MR) is 151 cm³/mol. The fraction of sp³-hybridized carbons (Fsp3) is 0.231. The van der Waals surface area contributed by atoms with Gasteiger partial charge in [-0.25, -0.2) is 30.7 Å². The van der Waals surface area contributed by atoms with Crippen LogP contribution < -0.4 is 15.4 Å². The molecule has 14 heteroatoms. The maximum atomic E-state index is 15.1. The highest BCUT2D eigenvalue weighted by Gasteiger charge is 2.40. The topological polar surface area (TPSA) is 142 Å². The molecule has 0 aliphatic carbocycles. The number of carbonyl (C=O) groups is 2. The van der Waals surface area contributed by atoms with Crippen LogP contribution in [0.4, 0.5) is 20.6 Å². The maximum absolute atomic E-state index is 15.1. The number of hydrogen-bond donors (Lipinski definition) is 3. The second kappa shape index (κ2) is 11.5. The van der Waals surface area contributed by atoms with Crippen molar-refractivity contribution in [1.82, 2.24) is 9.62 Å². The molecule has 1 fully saturated rings. The lowest BCUT2D eigenvalue weighted by molar-refractivity contribution is -0.119. The molecule has 40 heavy (non-hydrogen) atoms. The number of carbonyl (C=O) groups excluding carboxylic acids is 2. The number of sulfonamides is 1. The number of likely N-dealkylation sites (tertiary alicyclic amines) is 1. The van der Waals surface area contributed by atoms with Gasteiger partial charge in [-0.3, -0.25) is 4.79 Å². The van der Waals surface area contributed by atoms with Gasteiger partial charge in [0, 0.05) is 46.4 Å². The van der Waals surface area contributed by atoms with E-state index in [1.165, 1.54) is 35.2 Å². The summed E-state index contributed by atoms with van der Waals surface area (Å²) in [6, 6.07) is 13.6. The molecule has 4 rings (SSSR count). The average Bonchev–Trinajstić information content (AvgIpc) is 3.27. The number of rotatable bonds is 7. The molecule has 1 saturated heterocycles. The number of nitrogens with one attached hydrogen (secondary N) is 3. The van der Waals surface area contributed by atoms with Crippen molar-refractivity contribution in [2.45, 2.75) is 23.4 Å². The largest absolute Gasteiger partial charge is 0.324 e. The summed E-state index contributed by atoms with van der Waals surface area (Å²) in [7, 11) is -7.26. The summed E-state index contributed by atoms with van der Waals surface area (Å²) >= 11 is 5.89. The molecule has 1 heterocycles. The molecule has 0 bridgehead atoms. The standard InChI is InChI=1S/C26H26ClFN4O6S2/c1-39(35,36)24-6-4-3-5-21(24)20-12-11-18(13-22(20)28)29-25(33)23-14-19(31-40(2,37)38)15-32(23)26(34)30-17-9-7-16(27)8-10-17/h3-13,19,23,31H,14-15H2,1-2H3,(H,29,33)(H,30,34)/t19-,23-/m1/s1. The van der Waals surface area contributed by atoms with E-state index in [1.807, 2.05) is 0 Å². The van der Waals surface area contributed by atoms with Crippen LogP contribution in [0.25, 0.3) is 11.1 Å². The fourth-order valence-corrected chi connectivity index (χ4v) is 6.28. The predicted octanol–water partition coefficient (Wildman–Crippen LogP) is 3.71. The van der Waals surface area contributed by atoms with Crippen LogP contribution in [0, 0.1) is 5.82 Å². The molecule has 3 aromatic rings. The lowest BCUT2D eigenvalue weighted by atomic mass is 10.0. The number of urea groups is 1. The summed E-state index contributed by atoms with van der Waals surface area (Å²) in [6.07, 6.45) is 1.99. The van der Waals surface area contributed by atoms with Crippen LogP contribution >= 0.6 is 11.6 Å². The van der Waals surface area contributed by atoms with Crippen molar-refractivity contribution in [2.24, 2.45) is 0 Å². The lowest BCUT2D eigenvalue weighted by Crippen LogP contribution is -2.45. The molecule has 1 aliphatic rings. The highest BCUT2D eigenvalue weighted by atomic mass is 35.5. The smallest absolute Gasteiger partial charge is 0.322 e. The SMILES string of the molecule is CS(=O)(=O)N[C@@H]1C[C@H](C(=O)Nc2ccc(-c3ccccc3S(C)(=O)=O)c(F)c2)N(C(=O)Nc2ccc(Cl)cc2)C1. The van der Waals surface area contributed by atoms with E-state index in [9.17, 15) is 26.4 Å². The monoisotopic (exact) mass is 608 g/mol. The van der Waals surface area contributed by atoms with Crippen LogP contribution in [-0.4, -0.2) is 64.8 Å². The molecule has 0 spiro atoms. The first kappa shape index (κ1) is 29.5. The summed E-state index contributed by atoms with van der Waals surface area (Å²) in [4.78, 5) is 27.5. The lowest BCUT2D eigenvalue weighted by Gasteiger charge is -2.24. The minimum absolute atomic E-state index is 0.0186. The van der Waals surface area contributed by atoms with Gasteiger partial charge in [0.1, 0.15) is 11.9 Å². The third-order valence-corrected chi connectivity index (χ3v) is 8.32. The Hall–Kier alpha value is -3.52. The van der Waals surface area contributed by atoms with Gasteiger partial charge in [-0.05, 0) is 55.0 Å². The summed E-state index contributed by atoms with van der Waals surface area (Å²) in [5, 5.41) is 5.70. The van der Waals surface area contributed by atoms with Crippen molar-refractivity contribution in [1.29, 1.82) is 0 Å². The third kappa shape index (κ3) is 7.16. The fourth-order valence-electron chi connectivity index (χ4n) is 4.47. The Morgan fingerprint density at radius 1 is 0.900 bits per heavy atom. The van der Waals surface area contributed by atoms with Gasteiger partial charge in [0.25, 0.3) is 0 Å². The summed E-state index contributed by atoms with van der Waals surface area (Å²) < 4.78 is 65.5. The van der Waals surface area contributed by atoms with E-state index in [4.69, 9.17) is 11.6 Å². The van der Waals surface area contributed by atoms with Crippen molar-refractivity contribution in [2.75, 3.05) is 29.7 Å². The molecule has 10 nitrogen and oxygen atoms in total. The number of nitrogens with zero attached hydrogens (tertiary/aromatic N) is 1. The van der Waals surface area contributed by atoms with Crippen LogP contribution in [0.2, 0.25) is 5.02 Å². The van der Waals surface area contributed by atoms with E-state index in [0.717, 1.165) is 18.6 Å². The Labute approximate surface area is 236 Å². The molecule has 3 aromatic carbocycles. The van der Waals surface area contributed by atoms with E-state index in [-0.39, 0.29) is 34.7 Å². The second-order valence-corrected chi connectivity index (χ2v) is 13.6. The number of hydrogen-bond acceptors (Lipinski definition) is 6. The molecule has 3 amide bonds. The van der Waals surface area contributed by atoms with Gasteiger partial charge in [-0.2, -0.15) is 0 Å². The van der Waals surface area contributed by atoms with Crippen molar-refractivity contribution in [3.05, 3.63) is 77.6 Å². The highest BCUT2D eigenvalue weighted by Crippen LogP contribution is 2.31. The number of amides is 3. The third-order valence-electron chi connectivity index (χ3n) is 6.15. The van der Waals surface area contributed by atoms with E-state index in [0.29, 0.717) is 10.7 Å². The first-order valence-electron chi connectivity index (χ1n) is 11.9. The molecular weight excluding hydrogens is 583 g/mol. The minimum Gasteiger partial charge on any atom is -0.324 e. The summed E-state index contributed by atoms with van der Waals surface area (Å²) in [5.74, 6) is -1.43. The summed E-state index contributed by atoms with van der Waals surface area (Å²) in [5.41, 5.74) is 0.693. The van der Waals surface area contributed by atoms with Crippen molar-refractivity contribution >= 4 is 54.8 Å². The van der Waals surface area contributed by atoms with E-state index < -0.39 is 49.7 Å². The zero-order valence-corrected chi connectivity index (χ0v) is 23.8. The van der Waals surface area contributed by atoms with Crippen LogP contribution in [-0.2, 0) is 24.7 Å². The molecule has 0 saturated carbocycles. The van der Waals surface area contributed by atoms with Crippen LogP contribution in [0.3, 0.4) is 0 Å². The van der Waals surface area contributed by atoms with Crippen molar-refractivity contribution in [3.63, 3.8) is 0 Å².